The topological polar surface area (TPSA) is 50.8 Å². The quantitative estimate of drug-likeness (QED) is 0.912. The minimum Gasteiger partial charge on any atom is -0.486 e. The number of para-hydroxylation sites is 2. The van der Waals surface area contributed by atoms with Gasteiger partial charge in [0.2, 0.25) is 5.91 Å². The number of carbonyl (C=O) groups excluding carboxylic acids is 1. The lowest BCUT2D eigenvalue weighted by molar-refractivity contribution is -0.123. The van der Waals surface area contributed by atoms with Crippen LogP contribution in [0.1, 0.15) is 32.1 Å². The summed E-state index contributed by atoms with van der Waals surface area (Å²) in [6.07, 6.45) is 6.63. The van der Waals surface area contributed by atoms with E-state index in [4.69, 9.17) is 9.47 Å². The van der Waals surface area contributed by atoms with Crippen molar-refractivity contribution in [3.8, 4) is 11.5 Å². The van der Waals surface area contributed by atoms with Crippen LogP contribution in [0.5, 0.6) is 11.5 Å². The summed E-state index contributed by atoms with van der Waals surface area (Å²) in [5.74, 6) is 3.34. The van der Waals surface area contributed by atoms with Crippen LogP contribution in [0.4, 0.5) is 0 Å². The highest BCUT2D eigenvalue weighted by molar-refractivity contribution is 5.78. The lowest BCUT2D eigenvalue weighted by Crippen LogP contribution is -2.48. The van der Waals surface area contributed by atoms with Crippen LogP contribution in [-0.2, 0) is 4.79 Å². The summed E-state index contributed by atoms with van der Waals surface area (Å²) in [6, 6.07) is 7.66. The van der Waals surface area contributed by atoms with Gasteiger partial charge in [-0.15, -0.1) is 0 Å². The monoisotopic (exact) mass is 344 g/mol. The Hall–Kier alpha value is -1.75. The van der Waals surface area contributed by atoms with Gasteiger partial charge >= 0.3 is 0 Å². The number of likely N-dealkylation sites (tertiary alicyclic amines) is 1. The molecule has 1 aromatic rings. The Kier molecular flexibility index (Phi) is 5.11. The van der Waals surface area contributed by atoms with Crippen LogP contribution in [-0.4, -0.2) is 49.7 Å². The Morgan fingerprint density at radius 2 is 1.92 bits per heavy atom. The zero-order valence-electron chi connectivity index (χ0n) is 14.8. The van der Waals surface area contributed by atoms with E-state index in [-0.39, 0.29) is 12.0 Å². The van der Waals surface area contributed by atoms with E-state index in [0.717, 1.165) is 36.4 Å². The number of hydrogen-bond acceptors (Lipinski definition) is 4. The van der Waals surface area contributed by atoms with Crippen molar-refractivity contribution >= 4 is 5.91 Å². The van der Waals surface area contributed by atoms with Crippen LogP contribution in [0.2, 0.25) is 0 Å². The first-order valence-corrected chi connectivity index (χ1v) is 9.65. The minimum atomic E-state index is -0.122. The second-order valence-corrected chi connectivity index (χ2v) is 7.63. The molecule has 0 unspecified atom stereocenters. The second kappa shape index (κ2) is 7.65. The number of amides is 1. The predicted molar refractivity (Wildman–Crippen MR) is 95.9 cm³/mol. The highest BCUT2D eigenvalue weighted by Gasteiger charge is 2.31. The maximum atomic E-state index is 12.3. The van der Waals surface area contributed by atoms with E-state index in [1.165, 1.54) is 32.1 Å². The number of piperidine rings is 1. The fourth-order valence-electron chi connectivity index (χ4n) is 4.47. The van der Waals surface area contributed by atoms with Crippen molar-refractivity contribution < 1.29 is 14.3 Å². The number of nitrogens with one attached hydrogen (secondary N) is 1. The molecule has 0 aromatic heterocycles. The van der Waals surface area contributed by atoms with Gasteiger partial charge in [0, 0.05) is 6.54 Å². The van der Waals surface area contributed by atoms with E-state index in [1.807, 2.05) is 24.3 Å². The van der Waals surface area contributed by atoms with Crippen molar-refractivity contribution in [2.75, 3.05) is 32.8 Å². The third kappa shape index (κ3) is 4.09. The molecule has 1 saturated heterocycles. The van der Waals surface area contributed by atoms with Crippen molar-refractivity contribution in [2.45, 2.75) is 38.2 Å². The molecule has 5 nitrogen and oxygen atoms in total. The van der Waals surface area contributed by atoms with Crippen molar-refractivity contribution in [1.29, 1.82) is 0 Å². The predicted octanol–water partition coefficient (Wildman–Crippen LogP) is 2.45. The molecule has 1 aliphatic carbocycles. The summed E-state index contributed by atoms with van der Waals surface area (Å²) in [5, 5.41) is 3.02. The number of carbonyl (C=O) groups is 1. The Morgan fingerprint density at radius 1 is 1.12 bits per heavy atom. The van der Waals surface area contributed by atoms with E-state index in [1.54, 1.807) is 0 Å². The molecule has 1 aromatic carbocycles. The largest absolute Gasteiger partial charge is 0.486 e. The molecule has 5 heteroatoms. The van der Waals surface area contributed by atoms with Gasteiger partial charge in [-0.05, 0) is 43.4 Å². The first-order valence-electron chi connectivity index (χ1n) is 9.65. The Labute approximate surface area is 149 Å². The minimum absolute atomic E-state index is 0.0942. The highest BCUT2D eigenvalue weighted by atomic mass is 16.6. The summed E-state index contributed by atoms with van der Waals surface area (Å²) >= 11 is 0. The first-order chi connectivity index (χ1) is 12.3. The fraction of sp³-hybridized carbons (Fsp3) is 0.650. The Balaban J connectivity index is 1.21. The highest BCUT2D eigenvalue weighted by Crippen LogP contribution is 2.36. The van der Waals surface area contributed by atoms with Crippen molar-refractivity contribution in [3.63, 3.8) is 0 Å². The van der Waals surface area contributed by atoms with Gasteiger partial charge in [-0.2, -0.15) is 0 Å². The smallest absolute Gasteiger partial charge is 0.234 e. The molecule has 2 fully saturated rings. The zero-order chi connectivity index (χ0) is 17.1. The number of rotatable bonds is 4. The molecule has 0 bridgehead atoms. The number of benzene rings is 1. The molecule has 136 valence electrons. The van der Waals surface area contributed by atoms with Gasteiger partial charge in [0.25, 0.3) is 0 Å². The SMILES string of the molecule is O=C(CN1CC[C@@H]2CCCC[C@H]2C1)NC[C@@H]1COc2ccccc2O1. The van der Waals surface area contributed by atoms with Crippen LogP contribution in [0.25, 0.3) is 0 Å². The summed E-state index contributed by atoms with van der Waals surface area (Å²) < 4.78 is 11.6. The maximum Gasteiger partial charge on any atom is 0.234 e. The van der Waals surface area contributed by atoms with Gasteiger partial charge in [-0.25, -0.2) is 0 Å². The average Bonchev–Trinajstić information content (AvgIpc) is 2.66. The lowest BCUT2D eigenvalue weighted by atomic mass is 9.75. The molecule has 2 heterocycles. The molecule has 25 heavy (non-hydrogen) atoms. The van der Waals surface area contributed by atoms with E-state index < -0.39 is 0 Å². The van der Waals surface area contributed by atoms with E-state index in [2.05, 4.69) is 10.2 Å². The standard InChI is InChI=1S/C20H28N2O3/c23-20(13-22-10-9-15-5-1-2-6-16(15)12-22)21-11-17-14-24-18-7-3-4-8-19(18)25-17/h3-4,7-8,15-17H,1-2,5-6,9-14H2,(H,21,23)/t15-,16-,17+/m0/s1. The third-order valence-electron chi connectivity index (χ3n) is 5.84. The normalized spacial score (nSPS) is 28.9. The van der Waals surface area contributed by atoms with Crippen molar-refractivity contribution in [1.82, 2.24) is 10.2 Å². The number of fused-ring (bicyclic) bond motifs is 2. The van der Waals surface area contributed by atoms with Gasteiger partial charge in [0.05, 0.1) is 13.1 Å². The number of nitrogens with zero attached hydrogens (tertiary/aromatic N) is 1. The summed E-state index contributed by atoms with van der Waals surface area (Å²) in [5.41, 5.74) is 0. The molecule has 3 aliphatic rings. The van der Waals surface area contributed by atoms with Gasteiger partial charge in [-0.3, -0.25) is 9.69 Å². The summed E-state index contributed by atoms with van der Waals surface area (Å²) in [6.45, 7) is 3.63. The van der Waals surface area contributed by atoms with Gasteiger partial charge in [-0.1, -0.05) is 31.4 Å². The van der Waals surface area contributed by atoms with Gasteiger partial charge in [0.15, 0.2) is 11.5 Å². The van der Waals surface area contributed by atoms with E-state index in [0.29, 0.717) is 19.7 Å². The molecule has 2 aliphatic heterocycles. The number of ether oxygens (including phenoxy) is 2. The molecular formula is C20H28N2O3. The van der Waals surface area contributed by atoms with Crippen molar-refractivity contribution in [2.24, 2.45) is 11.8 Å². The molecule has 1 saturated carbocycles. The van der Waals surface area contributed by atoms with Gasteiger partial charge < -0.3 is 14.8 Å². The molecule has 3 atom stereocenters. The third-order valence-corrected chi connectivity index (χ3v) is 5.84. The van der Waals surface area contributed by atoms with Gasteiger partial charge in [0.1, 0.15) is 12.7 Å². The molecule has 4 rings (SSSR count). The molecule has 0 radical (unpaired) electrons. The Morgan fingerprint density at radius 3 is 2.80 bits per heavy atom. The molecular weight excluding hydrogens is 316 g/mol. The number of hydrogen-bond donors (Lipinski definition) is 1. The average molecular weight is 344 g/mol. The first kappa shape index (κ1) is 16.7. The van der Waals surface area contributed by atoms with Crippen LogP contribution in [0.15, 0.2) is 24.3 Å². The van der Waals surface area contributed by atoms with Crippen LogP contribution < -0.4 is 14.8 Å². The van der Waals surface area contributed by atoms with Crippen LogP contribution in [0, 0.1) is 11.8 Å². The molecule has 1 amide bonds. The van der Waals surface area contributed by atoms with Crippen molar-refractivity contribution in [3.05, 3.63) is 24.3 Å². The van der Waals surface area contributed by atoms with Crippen LogP contribution >= 0.6 is 0 Å². The van der Waals surface area contributed by atoms with Crippen LogP contribution in [0.3, 0.4) is 0 Å². The summed E-state index contributed by atoms with van der Waals surface area (Å²) in [7, 11) is 0. The van der Waals surface area contributed by atoms with E-state index >= 15 is 0 Å². The second-order valence-electron chi connectivity index (χ2n) is 7.63. The zero-order valence-corrected chi connectivity index (χ0v) is 14.8. The Bertz CT molecular complexity index is 606. The van der Waals surface area contributed by atoms with E-state index in [9.17, 15) is 4.79 Å². The molecule has 1 N–H and O–H groups in total. The maximum absolute atomic E-state index is 12.3. The fourth-order valence-corrected chi connectivity index (χ4v) is 4.47. The molecule has 0 spiro atoms. The summed E-state index contributed by atoms with van der Waals surface area (Å²) in [4.78, 5) is 14.6. The lowest BCUT2D eigenvalue weighted by Gasteiger charge is -2.41.